The summed E-state index contributed by atoms with van der Waals surface area (Å²) in [5, 5.41) is 11.0. The second-order valence-electron chi connectivity index (χ2n) is 4.74. The van der Waals surface area contributed by atoms with Crippen molar-refractivity contribution in [3.63, 3.8) is 0 Å². The molecule has 0 aliphatic rings. The summed E-state index contributed by atoms with van der Waals surface area (Å²) in [4.78, 5) is 15.1. The van der Waals surface area contributed by atoms with Crippen LogP contribution in [0.5, 0.6) is 0 Å². The molecule has 3 aromatic heterocycles. The van der Waals surface area contributed by atoms with Crippen LogP contribution in [0.15, 0.2) is 30.7 Å². The first-order valence-corrected chi connectivity index (χ1v) is 6.83. The molecule has 0 spiro atoms. The summed E-state index contributed by atoms with van der Waals surface area (Å²) < 4.78 is 0. The topological polar surface area (TPSA) is 82.6 Å². The Labute approximate surface area is 122 Å². The van der Waals surface area contributed by atoms with Gasteiger partial charge in [0, 0.05) is 32.5 Å². The molecule has 7 nitrogen and oxygen atoms in total. The summed E-state index contributed by atoms with van der Waals surface area (Å²) in [5.74, 6) is 1.45. The molecule has 0 fully saturated rings. The smallest absolute Gasteiger partial charge is 0.226 e. The first-order chi connectivity index (χ1) is 10.3. The number of anilines is 2. The van der Waals surface area contributed by atoms with Gasteiger partial charge >= 0.3 is 0 Å². The Morgan fingerprint density at radius 2 is 2.05 bits per heavy atom. The molecule has 0 saturated carbocycles. The molecule has 0 amide bonds. The lowest BCUT2D eigenvalue weighted by Gasteiger charge is -2.19. The van der Waals surface area contributed by atoms with E-state index >= 15 is 0 Å². The van der Waals surface area contributed by atoms with E-state index in [2.05, 4.69) is 35.4 Å². The van der Waals surface area contributed by atoms with E-state index in [0.29, 0.717) is 5.95 Å². The maximum atomic E-state index is 4.59. The summed E-state index contributed by atoms with van der Waals surface area (Å²) in [5.41, 5.74) is 1.91. The van der Waals surface area contributed by atoms with Gasteiger partial charge in [-0.25, -0.2) is 0 Å². The predicted octanol–water partition coefficient (Wildman–Crippen LogP) is 1.82. The monoisotopic (exact) mass is 283 g/mol. The number of nitrogens with one attached hydrogen (secondary N) is 2. The Hall–Kier alpha value is -2.70. The van der Waals surface area contributed by atoms with Gasteiger partial charge in [-0.05, 0) is 24.6 Å². The summed E-state index contributed by atoms with van der Waals surface area (Å²) in [6.07, 6.45) is 5.34. The van der Waals surface area contributed by atoms with Gasteiger partial charge in [0.2, 0.25) is 5.95 Å². The van der Waals surface area contributed by atoms with Gasteiger partial charge < -0.3 is 10.2 Å². The molecule has 0 bridgehead atoms. The van der Waals surface area contributed by atoms with Gasteiger partial charge in [-0.3, -0.25) is 10.1 Å². The second kappa shape index (κ2) is 5.74. The molecule has 108 valence electrons. The highest BCUT2D eigenvalue weighted by atomic mass is 15.2. The van der Waals surface area contributed by atoms with Crippen molar-refractivity contribution in [3.05, 3.63) is 36.3 Å². The van der Waals surface area contributed by atoms with Gasteiger partial charge in [0.05, 0.1) is 11.6 Å². The molecule has 3 aromatic rings. The minimum Gasteiger partial charge on any atom is -0.355 e. The number of fused-ring (bicyclic) bond motifs is 1. The summed E-state index contributed by atoms with van der Waals surface area (Å²) >= 11 is 0. The minimum absolute atomic E-state index is 0.603. The highest BCUT2D eigenvalue weighted by Gasteiger charge is 2.13. The molecule has 0 atom stereocenters. The van der Waals surface area contributed by atoms with Crippen LogP contribution < -0.4 is 10.2 Å². The van der Waals surface area contributed by atoms with E-state index in [-0.39, 0.29) is 0 Å². The highest BCUT2D eigenvalue weighted by Crippen LogP contribution is 2.24. The first kappa shape index (κ1) is 13.3. The number of aromatic amines is 1. The zero-order valence-electron chi connectivity index (χ0n) is 12.0. The average molecular weight is 283 g/mol. The van der Waals surface area contributed by atoms with E-state index in [1.165, 1.54) is 5.56 Å². The number of aromatic nitrogens is 5. The van der Waals surface area contributed by atoms with Crippen LogP contribution in [0, 0.1) is 0 Å². The minimum atomic E-state index is 0.603. The fourth-order valence-corrected chi connectivity index (χ4v) is 2.18. The lowest BCUT2D eigenvalue weighted by molar-refractivity contribution is 0.896. The molecule has 0 aromatic carbocycles. The number of H-pyrrole nitrogens is 1. The fourth-order valence-electron chi connectivity index (χ4n) is 2.18. The standard InChI is InChI=1S/C14H17N7/c1-3-16-14-18-12-11(8-17-20-12)13(19-14)21(2)9-10-4-6-15-7-5-10/h4-8H,3,9H2,1-2H3,(H2,16,17,18,19,20). The van der Waals surface area contributed by atoms with Crippen LogP contribution in [0.25, 0.3) is 11.0 Å². The highest BCUT2D eigenvalue weighted by molar-refractivity contribution is 5.87. The van der Waals surface area contributed by atoms with Gasteiger partial charge in [-0.2, -0.15) is 15.1 Å². The lowest BCUT2D eigenvalue weighted by Crippen LogP contribution is -2.19. The Kier molecular flexibility index (Phi) is 3.63. The van der Waals surface area contributed by atoms with Crippen molar-refractivity contribution in [1.29, 1.82) is 0 Å². The third kappa shape index (κ3) is 2.76. The molecule has 7 heteroatoms. The number of hydrogen-bond acceptors (Lipinski definition) is 6. The van der Waals surface area contributed by atoms with E-state index < -0.39 is 0 Å². The Bertz CT molecular complexity index is 723. The molecule has 2 N–H and O–H groups in total. The molecule has 21 heavy (non-hydrogen) atoms. The van der Waals surface area contributed by atoms with Crippen LogP contribution in [-0.2, 0) is 6.54 Å². The van der Waals surface area contributed by atoms with E-state index in [0.717, 1.165) is 29.9 Å². The van der Waals surface area contributed by atoms with Crippen molar-refractivity contribution in [2.45, 2.75) is 13.5 Å². The number of rotatable bonds is 5. The van der Waals surface area contributed by atoms with Crippen molar-refractivity contribution in [2.24, 2.45) is 0 Å². The van der Waals surface area contributed by atoms with E-state index in [4.69, 9.17) is 0 Å². The van der Waals surface area contributed by atoms with Crippen LogP contribution in [-0.4, -0.2) is 38.7 Å². The normalized spacial score (nSPS) is 10.8. The Morgan fingerprint density at radius 1 is 1.24 bits per heavy atom. The third-order valence-corrected chi connectivity index (χ3v) is 3.16. The first-order valence-electron chi connectivity index (χ1n) is 6.83. The quantitative estimate of drug-likeness (QED) is 0.743. The van der Waals surface area contributed by atoms with Gasteiger partial charge in [-0.1, -0.05) is 0 Å². The van der Waals surface area contributed by atoms with Gasteiger partial charge in [0.15, 0.2) is 5.65 Å². The van der Waals surface area contributed by atoms with Gasteiger partial charge in [0.25, 0.3) is 0 Å². The summed E-state index contributed by atoms with van der Waals surface area (Å²) in [6, 6.07) is 3.99. The molecular weight excluding hydrogens is 266 g/mol. The fraction of sp³-hybridized carbons (Fsp3) is 0.286. The predicted molar refractivity (Wildman–Crippen MR) is 82.2 cm³/mol. The van der Waals surface area contributed by atoms with Crippen molar-refractivity contribution in [3.8, 4) is 0 Å². The Balaban J connectivity index is 1.96. The van der Waals surface area contributed by atoms with Crippen molar-refractivity contribution >= 4 is 22.8 Å². The molecule has 0 aliphatic heterocycles. The summed E-state index contributed by atoms with van der Waals surface area (Å²) in [6.45, 7) is 3.53. The molecule has 0 unspecified atom stereocenters. The maximum Gasteiger partial charge on any atom is 0.226 e. The van der Waals surface area contributed by atoms with E-state index in [1.807, 2.05) is 26.1 Å². The van der Waals surface area contributed by atoms with Crippen LogP contribution in [0.1, 0.15) is 12.5 Å². The lowest BCUT2D eigenvalue weighted by atomic mass is 10.2. The van der Waals surface area contributed by atoms with Gasteiger partial charge in [0.1, 0.15) is 5.82 Å². The average Bonchev–Trinajstić information content (AvgIpc) is 2.96. The van der Waals surface area contributed by atoms with Crippen LogP contribution in [0.3, 0.4) is 0 Å². The molecular formula is C14H17N7. The third-order valence-electron chi connectivity index (χ3n) is 3.16. The number of pyridine rings is 1. The van der Waals surface area contributed by atoms with Crippen molar-refractivity contribution in [1.82, 2.24) is 25.1 Å². The van der Waals surface area contributed by atoms with Gasteiger partial charge in [-0.15, -0.1) is 0 Å². The number of nitrogens with zero attached hydrogens (tertiary/aromatic N) is 5. The van der Waals surface area contributed by atoms with Crippen LogP contribution >= 0.6 is 0 Å². The zero-order valence-corrected chi connectivity index (χ0v) is 12.0. The molecule has 3 heterocycles. The van der Waals surface area contributed by atoms with Crippen LogP contribution in [0.4, 0.5) is 11.8 Å². The van der Waals surface area contributed by atoms with E-state index in [1.54, 1.807) is 18.6 Å². The summed E-state index contributed by atoms with van der Waals surface area (Å²) in [7, 11) is 2.00. The molecule has 0 aliphatic carbocycles. The largest absolute Gasteiger partial charge is 0.355 e. The second-order valence-corrected chi connectivity index (χ2v) is 4.74. The molecule has 0 saturated heterocycles. The zero-order chi connectivity index (χ0) is 14.7. The molecule has 3 rings (SSSR count). The maximum absolute atomic E-state index is 4.59. The van der Waals surface area contributed by atoms with E-state index in [9.17, 15) is 0 Å². The Morgan fingerprint density at radius 3 is 2.81 bits per heavy atom. The van der Waals surface area contributed by atoms with Crippen molar-refractivity contribution in [2.75, 3.05) is 23.8 Å². The SMILES string of the molecule is CCNc1nc(N(C)Cc2ccncc2)c2cn[nH]c2n1. The van der Waals surface area contributed by atoms with Crippen molar-refractivity contribution < 1.29 is 0 Å². The molecule has 0 radical (unpaired) electrons. The van der Waals surface area contributed by atoms with Crippen LogP contribution in [0.2, 0.25) is 0 Å². The number of hydrogen-bond donors (Lipinski definition) is 2.